The van der Waals surface area contributed by atoms with Crippen molar-refractivity contribution in [2.24, 2.45) is 0 Å². The molecule has 94 valence electrons. The van der Waals surface area contributed by atoms with Crippen molar-refractivity contribution in [1.82, 2.24) is 0 Å². The minimum atomic E-state index is -0.568. The van der Waals surface area contributed by atoms with E-state index in [1.807, 2.05) is 20.8 Å². The van der Waals surface area contributed by atoms with Gasteiger partial charge in [-0.2, -0.15) is 0 Å². The van der Waals surface area contributed by atoms with Crippen molar-refractivity contribution in [3.63, 3.8) is 0 Å². The molecule has 0 aromatic heterocycles. The predicted octanol–water partition coefficient (Wildman–Crippen LogP) is 2.83. The summed E-state index contributed by atoms with van der Waals surface area (Å²) in [5, 5.41) is 9.79. The minimum absolute atomic E-state index is 0.00614. The van der Waals surface area contributed by atoms with Gasteiger partial charge in [-0.15, -0.1) is 0 Å². The van der Waals surface area contributed by atoms with E-state index >= 15 is 0 Å². The van der Waals surface area contributed by atoms with Crippen LogP contribution in [0.25, 0.3) is 0 Å². The number of esters is 1. The number of carbonyl (C=O) groups excluding carboxylic acids is 1. The highest BCUT2D eigenvalue weighted by Crippen LogP contribution is 2.31. The first-order chi connectivity index (χ1) is 7.27. The van der Waals surface area contributed by atoms with Crippen LogP contribution in [0, 0.1) is 0 Å². The largest absolute Gasteiger partial charge is 0.461 e. The zero-order valence-corrected chi connectivity index (χ0v) is 12.4. The maximum absolute atomic E-state index is 11.8. The Balaban J connectivity index is 2.43. The van der Waals surface area contributed by atoms with Crippen molar-refractivity contribution in [2.75, 3.05) is 0 Å². The van der Waals surface area contributed by atoms with Crippen LogP contribution in [0.1, 0.15) is 52.9 Å². The van der Waals surface area contributed by atoms with Crippen LogP contribution in [0.15, 0.2) is 0 Å². The summed E-state index contributed by atoms with van der Waals surface area (Å²) in [6.45, 7) is 5.73. The van der Waals surface area contributed by atoms with Gasteiger partial charge in [-0.3, -0.25) is 4.79 Å². The minimum Gasteiger partial charge on any atom is -0.461 e. The average Bonchev–Trinajstić information content (AvgIpc) is 2.21. The summed E-state index contributed by atoms with van der Waals surface area (Å²) in [5.74, 6) is -0.123. The van der Waals surface area contributed by atoms with Crippen LogP contribution in [0.3, 0.4) is 0 Å². The second-order valence-electron chi connectivity index (χ2n) is 5.15. The van der Waals surface area contributed by atoms with Crippen molar-refractivity contribution >= 4 is 28.6 Å². The Hall–Kier alpha value is 0.160. The topological polar surface area (TPSA) is 46.5 Å². The van der Waals surface area contributed by atoms with Crippen molar-refractivity contribution in [1.29, 1.82) is 0 Å². The quantitative estimate of drug-likeness (QED) is 0.488. The first-order valence-corrected chi connectivity index (χ1v) is 6.97. The number of alkyl halides is 1. The van der Waals surface area contributed by atoms with Crippen LogP contribution in [-0.2, 0) is 9.53 Å². The zero-order valence-electron chi connectivity index (χ0n) is 10.3. The number of hydrogen-bond donors (Lipinski definition) is 1. The summed E-state index contributed by atoms with van der Waals surface area (Å²) in [6.07, 6.45) is 3.75. The van der Waals surface area contributed by atoms with E-state index in [0.717, 1.165) is 32.1 Å². The summed E-state index contributed by atoms with van der Waals surface area (Å²) >= 11 is 2.14. The first kappa shape index (κ1) is 14.2. The van der Waals surface area contributed by atoms with Crippen molar-refractivity contribution in [2.45, 2.75) is 68.0 Å². The van der Waals surface area contributed by atoms with Crippen LogP contribution in [0.5, 0.6) is 0 Å². The highest BCUT2D eigenvalue weighted by atomic mass is 127. The molecule has 4 heteroatoms. The average molecular weight is 340 g/mol. The monoisotopic (exact) mass is 340 g/mol. The van der Waals surface area contributed by atoms with Gasteiger partial charge in [-0.05, 0) is 46.0 Å². The molecule has 0 spiro atoms. The predicted molar refractivity (Wildman–Crippen MR) is 71.7 cm³/mol. The molecule has 3 nitrogen and oxygen atoms in total. The molecular formula is C12H21IO3. The summed E-state index contributed by atoms with van der Waals surface area (Å²) in [5.41, 5.74) is -0.568. The molecule has 0 bridgehead atoms. The number of ether oxygens (including phenoxy) is 1. The van der Waals surface area contributed by atoms with Gasteiger partial charge in [0.2, 0.25) is 0 Å². The van der Waals surface area contributed by atoms with Crippen molar-refractivity contribution in [3.05, 3.63) is 0 Å². The summed E-state index contributed by atoms with van der Waals surface area (Å²) in [7, 11) is 0. The maximum atomic E-state index is 11.8. The lowest BCUT2D eigenvalue weighted by Gasteiger charge is -2.33. The lowest BCUT2D eigenvalue weighted by molar-refractivity contribution is -0.155. The van der Waals surface area contributed by atoms with Crippen LogP contribution < -0.4 is 0 Å². The third-order valence-electron chi connectivity index (χ3n) is 3.37. The third-order valence-corrected chi connectivity index (χ3v) is 4.58. The highest BCUT2D eigenvalue weighted by molar-refractivity contribution is 14.1. The van der Waals surface area contributed by atoms with Gasteiger partial charge >= 0.3 is 5.97 Å². The molecule has 0 heterocycles. The molecule has 1 aliphatic carbocycles. The zero-order chi connectivity index (χ0) is 12.4. The maximum Gasteiger partial charge on any atom is 0.322 e. The Morgan fingerprint density at radius 3 is 2.50 bits per heavy atom. The molecule has 1 N–H and O–H groups in total. The van der Waals surface area contributed by atoms with E-state index in [-0.39, 0.29) is 12.1 Å². The molecular weight excluding hydrogens is 319 g/mol. The molecule has 0 aromatic carbocycles. The molecule has 1 rings (SSSR count). The van der Waals surface area contributed by atoms with Gasteiger partial charge in [0.25, 0.3) is 0 Å². The molecule has 0 saturated heterocycles. The van der Waals surface area contributed by atoms with Crippen molar-refractivity contribution < 1.29 is 14.6 Å². The number of aliphatic hydroxyl groups is 1. The normalized spacial score (nSPS) is 34.2. The third kappa shape index (κ3) is 3.87. The molecule has 1 unspecified atom stereocenters. The summed E-state index contributed by atoms with van der Waals surface area (Å²) in [6, 6.07) is 0. The molecule has 1 fully saturated rings. The smallest absolute Gasteiger partial charge is 0.322 e. The Bertz CT molecular complexity index is 251. The van der Waals surface area contributed by atoms with Gasteiger partial charge in [-0.1, -0.05) is 29.5 Å². The fourth-order valence-corrected chi connectivity index (χ4v) is 1.88. The van der Waals surface area contributed by atoms with Gasteiger partial charge in [0.05, 0.1) is 5.60 Å². The van der Waals surface area contributed by atoms with Crippen LogP contribution in [0.4, 0.5) is 0 Å². The number of carbonyl (C=O) groups is 1. The number of hydrogen-bond acceptors (Lipinski definition) is 3. The Kier molecular flexibility index (Phi) is 4.63. The Morgan fingerprint density at radius 2 is 2.06 bits per heavy atom. The van der Waals surface area contributed by atoms with Crippen LogP contribution in [-0.4, -0.2) is 26.2 Å². The van der Waals surface area contributed by atoms with E-state index in [0.29, 0.717) is 0 Å². The molecule has 0 amide bonds. The number of rotatable bonds is 3. The lowest BCUT2D eigenvalue weighted by Crippen LogP contribution is -2.38. The fraction of sp³-hybridized carbons (Fsp3) is 0.917. The second kappa shape index (κ2) is 5.21. The Labute approximate surface area is 111 Å². The summed E-state index contributed by atoms with van der Waals surface area (Å²) in [4.78, 5) is 11.8. The van der Waals surface area contributed by atoms with E-state index in [9.17, 15) is 9.90 Å². The van der Waals surface area contributed by atoms with Crippen LogP contribution >= 0.6 is 22.6 Å². The van der Waals surface area contributed by atoms with Gasteiger partial charge in [0.15, 0.2) is 0 Å². The van der Waals surface area contributed by atoms with Gasteiger partial charge in [0, 0.05) is 0 Å². The number of halogens is 1. The van der Waals surface area contributed by atoms with Crippen LogP contribution in [0.2, 0.25) is 0 Å². The molecule has 1 atom stereocenters. The lowest BCUT2D eigenvalue weighted by atomic mass is 9.85. The Morgan fingerprint density at radius 1 is 1.56 bits per heavy atom. The van der Waals surface area contributed by atoms with E-state index < -0.39 is 9.02 Å². The molecule has 16 heavy (non-hydrogen) atoms. The molecule has 0 aliphatic heterocycles. The molecule has 0 radical (unpaired) electrons. The highest BCUT2D eigenvalue weighted by Gasteiger charge is 2.35. The van der Waals surface area contributed by atoms with Crippen molar-refractivity contribution in [3.8, 4) is 0 Å². The standard InChI is InChI=1S/C12H21IO3/c1-4-12(3,13)10(14)16-9-5-7-11(2,15)8-6-9/h9,15H,4-8H2,1-3H3. The molecule has 0 aromatic rings. The molecule has 1 aliphatic rings. The van der Waals surface area contributed by atoms with E-state index in [2.05, 4.69) is 22.6 Å². The first-order valence-electron chi connectivity index (χ1n) is 5.89. The van der Waals surface area contributed by atoms with E-state index in [1.165, 1.54) is 0 Å². The van der Waals surface area contributed by atoms with E-state index in [4.69, 9.17) is 4.74 Å². The van der Waals surface area contributed by atoms with Gasteiger partial charge < -0.3 is 9.84 Å². The summed E-state index contributed by atoms with van der Waals surface area (Å²) < 4.78 is 5.06. The SMILES string of the molecule is CCC(C)(I)C(=O)OC1CCC(C)(O)CC1. The van der Waals surface area contributed by atoms with Gasteiger partial charge in [0.1, 0.15) is 9.53 Å². The fourth-order valence-electron chi connectivity index (χ4n) is 1.75. The second-order valence-corrected chi connectivity index (χ2v) is 7.53. The van der Waals surface area contributed by atoms with Gasteiger partial charge in [-0.25, -0.2) is 0 Å². The molecule has 1 saturated carbocycles. The van der Waals surface area contributed by atoms with E-state index in [1.54, 1.807) is 0 Å².